The summed E-state index contributed by atoms with van der Waals surface area (Å²) >= 11 is 0. The van der Waals surface area contributed by atoms with Gasteiger partial charge >= 0.3 is 5.97 Å². The van der Waals surface area contributed by atoms with E-state index < -0.39 is 11.5 Å². The van der Waals surface area contributed by atoms with Gasteiger partial charge in [0.2, 0.25) is 0 Å². The maximum atomic E-state index is 11.6. The smallest absolute Gasteiger partial charge is 0.323 e. The number of likely N-dealkylation sites (tertiary alicyclic amines) is 1. The molecule has 1 saturated heterocycles. The van der Waals surface area contributed by atoms with Crippen LogP contribution in [0.3, 0.4) is 0 Å². The lowest BCUT2D eigenvalue weighted by atomic mass is 9.88. The molecule has 2 fully saturated rings. The first-order valence-electron chi connectivity index (χ1n) is 7.67. The minimum Gasteiger partial charge on any atom is -0.480 e. The van der Waals surface area contributed by atoms with E-state index in [-0.39, 0.29) is 0 Å². The Balaban J connectivity index is 1.78. The van der Waals surface area contributed by atoms with Crippen molar-refractivity contribution in [3.05, 3.63) is 35.4 Å². The molecule has 1 saturated carbocycles. The second-order valence-electron chi connectivity index (χ2n) is 6.48. The number of piperidine rings is 1. The average Bonchev–Trinajstić information content (AvgIpc) is 3.26. The van der Waals surface area contributed by atoms with Crippen LogP contribution in [0.1, 0.15) is 56.1 Å². The molecule has 0 spiro atoms. The highest BCUT2D eigenvalue weighted by molar-refractivity contribution is 5.78. The Labute approximate surface area is 120 Å². The monoisotopic (exact) mass is 273 g/mol. The van der Waals surface area contributed by atoms with Crippen LogP contribution >= 0.6 is 0 Å². The van der Waals surface area contributed by atoms with E-state index in [2.05, 4.69) is 29.2 Å². The van der Waals surface area contributed by atoms with Gasteiger partial charge in [-0.2, -0.15) is 0 Å². The van der Waals surface area contributed by atoms with E-state index >= 15 is 0 Å². The lowest BCUT2D eigenvalue weighted by molar-refractivity contribution is -0.153. The Morgan fingerprint density at radius 2 is 2.20 bits per heavy atom. The normalized spacial score (nSPS) is 27.4. The Morgan fingerprint density at radius 3 is 2.90 bits per heavy atom. The summed E-state index contributed by atoms with van der Waals surface area (Å²) in [7, 11) is 0. The number of carboxylic acids is 1. The molecule has 3 rings (SSSR count). The van der Waals surface area contributed by atoms with Gasteiger partial charge in [0, 0.05) is 6.54 Å². The summed E-state index contributed by atoms with van der Waals surface area (Å²) < 4.78 is 0. The average molecular weight is 273 g/mol. The van der Waals surface area contributed by atoms with Crippen molar-refractivity contribution in [3.63, 3.8) is 0 Å². The van der Waals surface area contributed by atoms with Gasteiger partial charge in [0.25, 0.3) is 0 Å². The third kappa shape index (κ3) is 2.59. The Bertz CT molecular complexity index is 509. The molecule has 0 aromatic heterocycles. The van der Waals surface area contributed by atoms with Crippen molar-refractivity contribution in [2.45, 2.75) is 57.0 Å². The first-order chi connectivity index (χ1) is 9.59. The number of carboxylic acid groups (broad SMARTS) is 1. The number of aliphatic carboxylic acids is 1. The summed E-state index contributed by atoms with van der Waals surface area (Å²) in [5.74, 6) is 0.0673. The van der Waals surface area contributed by atoms with E-state index in [1.54, 1.807) is 0 Å². The van der Waals surface area contributed by atoms with E-state index in [9.17, 15) is 9.90 Å². The van der Waals surface area contributed by atoms with Gasteiger partial charge in [0.05, 0.1) is 0 Å². The maximum Gasteiger partial charge on any atom is 0.323 e. The van der Waals surface area contributed by atoms with Crippen LogP contribution in [0.25, 0.3) is 0 Å². The molecule has 3 heteroatoms. The summed E-state index contributed by atoms with van der Waals surface area (Å²) in [6.45, 7) is 3.51. The standard InChI is InChI=1S/C17H23NO2/c1-17(16(19)20)9-2-3-10-18(17)12-13-5-4-6-15(11-13)14-7-8-14/h4-6,11,14H,2-3,7-10,12H2,1H3,(H,19,20). The van der Waals surface area contributed by atoms with Gasteiger partial charge in [0.1, 0.15) is 5.54 Å². The number of benzene rings is 1. The van der Waals surface area contributed by atoms with Crippen LogP contribution in [0.5, 0.6) is 0 Å². The van der Waals surface area contributed by atoms with Crippen molar-refractivity contribution in [3.8, 4) is 0 Å². The van der Waals surface area contributed by atoms with Crippen LogP contribution in [0.4, 0.5) is 0 Å². The quantitative estimate of drug-likeness (QED) is 0.914. The van der Waals surface area contributed by atoms with Gasteiger partial charge in [-0.3, -0.25) is 9.69 Å². The van der Waals surface area contributed by atoms with Crippen LogP contribution in [0.15, 0.2) is 24.3 Å². The largest absolute Gasteiger partial charge is 0.480 e. The summed E-state index contributed by atoms with van der Waals surface area (Å²) in [6.07, 6.45) is 5.48. The third-order valence-electron chi connectivity index (χ3n) is 4.87. The molecule has 20 heavy (non-hydrogen) atoms. The van der Waals surface area contributed by atoms with Crippen LogP contribution in [-0.4, -0.2) is 28.1 Å². The minimum absolute atomic E-state index is 0.685. The van der Waals surface area contributed by atoms with Crippen molar-refractivity contribution in [1.29, 1.82) is 0 Å². The Morgan fingerprint density at radius 1 is 1.40 bits per heavy atom. The fourth-order valence-corrected chi connectivity index (χ4v) is 3.25. The van der Waals surface area contributed by atoms with Crippen molar-refractivity contribution in [2.75, 3.05) is 6.54 Å². The molecule has 3 nitrogen and oxygen atoms in total. The molecule has 108 valence electrons. The second-order valence-corrected chi connectivity index (χ2v) is 6.48. The molecular weight excluding hydrogens is 250 g/mol. The van der Waals surface area contributed by atoms with Crippen LogP contribution in [0, 0.1) is 0 Å². The molecule has 2 aliphatic rings. The van der Waals surface area contributed by atoms with Crippen molar-refractivity contribution in [1.82, 2.24) is 4.90 Å². The van der Waals surface area contributed by atoms with Crippen molar-refractivity contribution in [2.24, 2.45) is 0 Å². The topological polar surface area (TPSA) is 40.5 Å². The van der Waals surface area contributed by atoms with Crippen molar-refractivity contribution >= 4 is 5.97 Å². The summed E-state index contributed by atoms with van der Waals surface area (Å²) in [4.78, 5) is 13.8. The van der Waals surface area contributed by atoms with E-state index in [0.717, 1.165) is 38.3 Å². The van der Waals surface area contributed by atoms with Gasteiger partial charge in [-0.25, -0.2) is 0 Å². The summed E-state index contributed by atoms with van der Waals surface area (Å²) in [5.41, 5.74) is 1.98. The second kappa shape index (κ2) is 5.21. The van der Waals surface area contributed by atoms with Gasteiger partial charge < -0.3 is 5.11 Å². The predicted molar refractivity (Wildman–Crippen MR) is 78.7 cm³/mol. The highest BCUT2D eigenvalue weighted by atomic mass is 16.4. The SMILES string of the molecule is CC1(C(=O)O)CCCCN1Cc1cccc(C2CC2)c1. The minimum atomic E-state index is -0.701. The molecular formula is C17H23NO2. The van der Waals surface area contributed by atoms with Gasteiger partial charge in [-0.1, -0.05) is 24.3 Å². The van der Waals surface area contributed by atoms with Crippen LogP contribution < -0.4 is 0 Å². The molecule has 1 N–H and O–H groups in total. The first-order valence-corrected chi connectivity index (χ1v) is 7.67. The van der Waals surface area contributed by atoms with Crippen LogP contribution in [-0.2, 0) is 11.3 Å². The summed E-state index contributed by atoms with van der Waals surface area (Å²) in [5, 5.41) is 9.56. The van der Waals surface area contributed by atoms with E-state index in [1.807, 2.05) is 6.92 Å². The zero-order valence-corrected chi connectivity index (χ0v) is 12.1. The maximum absolute atomic E-state index is 11.6. The molecule has 0 radical (unpaired) electrons. The molecule has 1 aliphatic heterocycles. The Kier molecular flexibility index (Phi) is 3.55. The third-order valence-corrected chi connectivity index (χ3v) is 4.87. The van der Waals surface area contributed by atoms with E-state index in [4.69, 9.17) is 0 Å². The fraction of sp³-hybridized carbons (Fsp3) is 0.588. The molecule has 1 aliphatic carbocycles. The van der Waals surface area contributed by atoms with Gasteiger partial charge in [-0.15, -0.1) is 0 Å². The number of hydrogen-bond donors (Lipinski definition) is 1. The fourth-order valence-electron chi connectivity index (χ4n) is 3.25. The van der Waals surface area contributed by atoms with Crippen LogP contribution in [0.2, 0.25) is 0 Å². The lowest BCUT2D eigenvalue weighted by Gasteiger charge is -2.41. The summed E-state index contributed by atoms with van der Waals surface area (Å²) in [6, 6.07) is 8.72. The molecule has 1 heterocycles. The molecule has 1 aromatic carbocycles. The zero-order valence-electron chi connectivity index (χ0n) is 12.1. The number of hydrogen-bond acceptors (Lipinski definition) is 2. The number of rotatable bonds is 4. The predicted octanol–water partition coefficient (Wildman–Crippen LogP) is 3.39. The number of nitrogens with zero attached hydrogens (tertiary/aromatic N) is 1. The van der Waals surface area contributed by atoms with E-state index in [0.29, 0.717) is 0 Å². The van der Waals surface area contributed by atoms with E-state index in [1.165, 1.54) is 24.0 Å². The zero-order chi connectivity index (χ0) is 14.2. The molecule has 0 amide bonds. The molecule has 0 bridgehead atoms. The highest BCUT2D eigenvalue weighted by Crippen LogP contribution is 2.40. The van der Waals surface area contributed by atoms with Gasteiger partial charge in [0.15, 0.2) is 0 Å². The van der Waals surface area contributed by atoms with Gasteiger partial charge in [-0.05, 0) is 62.6 Å². The molecule has 1 aromatic rings. The first kappa shape index (κ1) is 13.6. The van der Waals surface area contributed by atoms with Crippen molar-refractivity contribution < 1.29 is 9.90 Å². The lowest BCUT2D eigenvalue weighted by Crippen LogP contribution is -2.54. The highest BCUT2D eigenvalue weighted by Gasteiger charge is 2.41. The number of carbonyl (C=O) groups is 1. The molecule has 1 unspecified atom stereocenters. The molecule has 1 atom stereocenters. The Hall–Kier alpha value is -1.35.